The lowest BCUT2D eigenvalue weighted by Gasteiger charge is -2.39. The second-order valence-corrected chi connectivity index (χ2v) is 17.6. The second-order valence-electron chi connectivity index (χ2n) is 16.2. The van der Waals surface area contributed by atoms with Crippen LogP contribution in [0.4, 0.5) is 5.95 Å². The zero-order chi connectivity index (χ0) is 44.6. The molecule has 3 heterocycles. The summed E-state index contributed by atoms with van der Waals surface area (Å²) in [5, 5.41) is 2.70. The molecule has 15 nitrogen and oxygen atoms in total. The zero-order valence-corrected chi connectivity index (χ0v) is 37.9. The first kappa shape index (κ1) is 46.5. The number of anilines is 1. The molecule has 1 amide bonds. The molecule has 0 bridgehead atoms. The molecule has 2 aromatic heterocycles. The van der Waals surface area contributed by atoms with Crippen molar-refractivity contribution < 1.29 is 37.6 Å². The molecule has 6 rings (SSSR count). The summed E-state index contributed by atoms with van der Waals surface area (Å²) in [6.45, 7) is 13.8. The van der Waals surface area contributed by atoms with E-state index in [1.165, 1.54) is 6.33 Å². The predicted molar refractivity (Wildman–Crippen MR) is 238 cm³/mol. The lowest BCUT2D eigenvalue weighted by molar-refractivity contribution is -0.119. The first-order valence-corrected chi connectivity index (χ1v) is 22.2. The van der Waals surface area contributed by atoms with Gasteiger partial charge in [0.15, 0.2) is 11.2 Å². The fourth-order valence-electron chi connectivity index (χ4n) is 7.58. The van der Waals surface area contributed by atoms with Crippen LogP contribution >= 0.6 is 8.53 Å². The van der Waals surface area contributed by atoms with Gasteiger partial charge in [-0.15, -0.1) is 0 Å². The fourth-order valence-corrected chi connectivity index (χ4v) is 9.37. The highest BCUT2D eigenvalue weighted by molar-refractivity contribution is 7.44. The Balaban J connectivity index is 1.44. The number of H-pyrrole nitrogens is 1. The predicted octanol–water partition coefficient (Wildman–Crippen LogP) is 8.14. The number of hydrogen-bond acceptors (Lipinski definition) is 12. The van der Waals surface area contributed by atoms with E-state index in [0.29, 0.717) is 37.4 Å². The van der Waals surface area contributed by atoms with Crippen molar-refractivity contribution >= 4 is 37.3 Å². The molecular formula is C46H59N6O9P. The number of aromatic nitrogens is 4. The summed E-state index contributed by atoms with van der Waals surface area (Å²) in [5.74, 6) is 0.858. The third-order valence-corrected chi connectivity index (χ3v) is 12.8. The number of ether oxygens (including phenoxy) is 4. The molecule has 16 heteroatoms. The van der Waals surface area contributed by atoms with E-state index in [1.807, 2.05) is 78.9 Å². The number of methoxy groups -OCH3 is 2. The van der Waals surface area contributed by atoms with Gasteiger partial charge in [-0.25, -0.2) is 9.65 Å². The number of aromatic amines is 1. The lowest BCUT2D eigenvalue weighted by Crippen LogP contribution is -2.39. The molecule has 3 aromatic carbocycles. The van der Waals surface area contributed by atoms with Crippen LogP contribution in [0.15, 0.2) is 90.0 Å². The van der Waals surface area contributed by atoms with Gasteiger partial charge in [0.2, 0.25) is 11.9 Å². The SMILES string of the molecule is COc1ccc(C(OC[C@H]2O[C@@H](n3cnc4c(=O)[nH]c(NC(=O)C(C)C)nc43)C[C@@H]2OP(OCCCC(C)=O)N(C(C)C)C(C)C)(c2ccccc2)c2ccc(OC)cc2)cc1. The number of Topliss-reactive ketones (excluding diaryl/α,β-unsaturated/α-hetero) is 1. The van der Waals surface area contributed by atoms with Gasteiger partial charge in [0, 0.05) is 30.8 Å². The van der Waals surface area contributed by atoms with Gasteiger partial charge in [-0.05, 0) is 82.0 Å². The molecule has 2 N–H and O–H groups in total. The summed E-state index contributed by atoms with van der Waals surface area (Å²) in [6, 6.07) is 25.7. The monoisotopic (exact) mass is 870 g/mol. The van der Waals surface area contributed by atoms with Crippen LogP contribution in [0.5, 0.6) is 11.5 Å². The number of fused-ring (bicyclic) bond motifs is 1. The number of nitrogens with zero attached hydrogens (tertiary/aromatic N) is 4. The average Bonchev–Trinajstić information content (AvgIpc) is 3.87. The minimum absolute atomic E-state index is 0.00671. The third-order valence-electron chi connectivity index (χ3n) is 10.7. The van der Waals surface area contributed by atoms with Crippen LogP contribution in [0.1, 0.15) is 90.6 Å². The largest absolute Gasteiger partial charge is 0.497 e. The summed E-state index contributed by atoms with van der Waals surface area (Å²) >= 11 is 0. The Kier molecular flexibility index (Phi) is 15.7. The number of amides is 1. The fraction of sp³-hybridized carbons (Fsp3) is 0.457. The molecule has 0 aliphatic carbocycles. The quantitative estimate of drug-likeness (QED) is 0.0413. The van der Waals surface area contributed by atoms with Crippen molar-refractivity contribution in [1.29, 1.82) is 0 Å². The van der Waals surface area contributed by atoms with Crippen molar-refractivity contribution in [3.05, 3.63) is 112 Å². The van der Waals surface area contributed by atoms with Gasteiger partial charge < -0.3 is 32.8 Å². The Labute approximate surface area is 364 Å². The van der Waals surface area contributed by atoms with Crippen LogP contribution in [-0.2, 0) is 33.7 Å². The summed E-state index contributed by atoms with van der Waals surface area (Å²) in [7, 11) is 1.59. The van der Waals surface area contributed by atoms with Crippen molar-refractivity contribution in [2.75, 3.05) is 32.8 Å². The van der Waals surface area contributed by atoms with E-state index in [1.54, 1.807) is 39.6 Å². The minimum Gasteiger partial charge on any atom is -0.497 e. The van der Waals surface area contributed by atoms with E-state index in [0.717, 1.165) is 16.7 Å². The number of hydrogen-bond donors (Lipinski definition) is 2. The molecule has 332 valence electrons. The van der Waals surface area contributed by atoms with E-state index in [9.17, 15) is 14.4 Å². The summed E-state index contributed by atoms with van der Waals surface area (Å²) < 4.78 is 43.0. The molecule has 1 aliphatic rings. The maximum Gasteiger partial charge on any atom is 0.280 e. The maximum atomic E-state index is 13.3. The smallest absolute Gasteiger partial charge is 0.280 e. The standard InChI is InChI=1S/C46H59N6O9P/c1-29(2)43(54)49-45-48-42-41(44(55)50-45)47-28-51(42)40-26-38(61-62(52(30(3)4)31(5)6)59-25-13-14-32(7)53)39(60-40)27-58-46(33-15-11-10-12-16-33,34-17-21-36(56-8)22-18-34)35-19-23-37(57-9)24-20-35/h10-12,15-24,28-31,38-40H,13-14,25-27H2,1-9H3,(H2,48,49,50,54,55)/t38-,39+,40+,62?/m0/s1. The summed E-state index contributed by atoms with van der Waals surface area (Å²) in [6.07, 6.45) is 0.781. The first-order chi connectivity index (χ1) is 29.7. The van der Waals surface area contributed by atoms with Crippen molar-refractivity contribution in [1.82, 2.24) is 24.2 Å². The third kappa shape index (κ3) is 10.6. The van der Waals surface area contributed by atoms with Crippen LogP contribution in [0.2, 0.25) is 0 Å². The van der Waals surface area contributed by atoms with Crippen molar-refractivity contribution in [2.45, 2.75) is 104 Å². The minimum atomic E-state index is -1.68. The first-order valence-electron chi connectivity index (χ1n) is 21.0. The van der Waals surface area contributed by atoms with E-state index in [4.69, 9.17) is 28.0 Å². The molecule has 1 aliphatic heterocycles. The molecule has 0 radical (unpaired) electrons. The second kappa shape index (κ2) is 20.9. The number of carbonyl (C=O) groups is 2. The van der Waals surface area contributed by atoms with Gasteiger partial charge in [-0.1, -0.05) is 68.4 Å². The molecule has 1 unspecified atom stereocenters. The van der Waals surface area contributed by atoms with E-state index in [2.05, 4.69) is 52.6 Å². The van der Waals surface area contributed by atoms with Crippen LogP contribution in [0, 0.1) is 5.92 Å². The van der Waals surface area contributed by atoms with Gasteiger partial charge in [-0.3, -0.25) is 24.5 Å². The van der Waals surface area contributed by atoms with Gasteiger partial charge in [0.1, 0.15) is 35.2 Å². The van der Waals surface area contributed by atoms with Gasteiger partial charge in [-0.2, -0.15) is 4.98 Å². The number of ketones is 1. The van der Waals surface area contributed by atoms with Crippen LogP contribution in [0.3, 0.4) is 0 Å². The number of rotatable bonds is 21. The zero-order valence-electron chi connectivity index (χ0n) is 37.0. The molecule has 62 heavy (non-hydrogen) atoms. The molecular weight excluding hydrogens is 812 g/mol. The van der Waals surface area contributed by atoms with Gasteiger partial charge in [0.25, 0.3) is 14.1 Å². The Hall–Kier alpha value is -5.02. The topological polar surface area (TPSA) is 168 Å². The van der Waals surface area contributed by atoms with E-state index in [-0.39, 0.29) is 53.4 Å². The molecule has 4 atom stereocenters. The van der Waals surface area contributed by atoms with Gasteiger partial charge in [0.05, 0.1) is 39.9 Å². The normalized spacial score (nSPS) is 17.3. The van der Waals surface area contributed by atoms with Crippen molar-refractivity contribution in [2.24, 2.45) is 5.92 Å². The Morgan fingerprint density at radius 2 is 1.52 bits per heavy atom. The highest BCUT2D eigenvalue weighted by Crippen LogP contribution is 2.51. The number of nitrogens with one attached hydrogen (secondary N) is 2. The average molecular weight is 871 g/mol. The molecule has 0 saturated carbocycles. The highest BCUT2D eigenvalue weighted by atomic mass is 31.2. The van der Waals surface area contributed by atoms with Crippen molar-refractivity contribution in [3.8, 4) is 11.5 Å². The number of carbonyl (C=O) groups excluding carboxylic acids is 2. The Bertz CT molecular complexity index is 2240. The van der Waals surface area contributed by atoms with E-state index < -0.39 is 38.1 Å². The van der Waals surface area contributed by atoms with Crippen LogP contribution in [-0.4, -0.2) is 87.6 Å². The molecule has 1 fully saturated rings. The van der Waals surface area contributed by atoms with Crippen LogP contribution < -0.4 is 20.3 Å². The number of benzene rings is 3. The summed E-state index contributed by atoms with van der Waals surface area (Å²) in [5.41, 5.74) is 1.26. The maximum absolute atomic E-state index is 13.3. The molecule has 1 saturated heterocycles. The summed E-state index contributed by atoms with van der Waals surface area (Å²) in [4.78, 5) is 49.4. The lowest BCUT2D eigenvalue weighted by atomic mass is 9.80. The van der Waals surface area contributed by atoms with E-state index >= 15 is 0 Å². The Morgan fingerprint density at radius 1 is 0.919 bits per heavy atom. The van der Waals surface area contributed by atoms with Gasteiger partial charge >= 0.3 is 0 Å². The highest BCUT2D eigenvalue weighted by Gasteiger charge is 2.45. The molecule has 0 spiro atoms. The Morgan fingerprint density at radius 3 is 2.06 bits per heavy atom. The van der Waals surface area contributed by atoms with Crippen molar-refractivity contribution in [3.63, 3.8) is 0 Å². The molecule has 5 aromatic rings. The van der Waals surface area contributed by atoms with Crippen LogP contribution in [0.25, 0.3) is 11.2 Å². The number of imidazole rings is 1.